The van der Waals surface area contributed by atoms with E-state index in [0.29, 0.717) is 52.8 Å². The van der Waals surface area contributed by atoms with Gasteiger partial charge in [-0.15, -0.1) is 0 Å². The first-order valence-corrected chi connectivity index (χ1v) is 13.2. The first-order chi connectivity index (χ1) is 16.5. The number of aromatic nitrogens is 3. The van der Waals surface area contributed by atoms with Gasteiger partial charge in [-0.2, -0.15) is 0 Å². The molecule has 0 saturated carbocycles. The van der Waals surface area contributed by atoms with E-state index in [9.17, 15) is 14.1 Å². The number of aryl methyl sites for hydroxylation is 2. The molecule has 1 fully saturated rings. The highest BCUT2D eigenvalue weighted by Gasteiger charge is 2.25. The van der Waals surface area contributed by atoms with Gasteiger partial charge in [-0.3, -0.25) is 4.79 Å². The average molecular weight is 487 g/mol. The van der Waals surface area contributed by atoms with E-state index in [0.717, 1.165) is 37.7 Å². The molecule has 8 nitrogen and oxygen atoms in total. The number of ether oxygens (including phenoxy) is 1. The van der Waals surface area contributed by atoms with Gasteiger partial charge in [0.1, 0.15) is 28.1 Å². The number of benzene rings is 1. The fraction of sp³-hybridized carbons (Fsp3) is 0.520. The maximum absolute atomic E-state index is 13.4. The minimum Gasteiger partial charge on any atom is -0.493 e. The van der Waals surface area contributed by atoms with Crippen molar-refractivity contribution in [1.82, 2.24) is 18.8 Å². The number of aliphatic hydroxyl groups is 1. The summed E-state index contributed by atoms with van der Waals surface area (Å²) in [5.41, 5.74) is 2.71. The molecule has 0 bridgehead atoms. The molecule has 1 unspecified atom stereocenters. The van der Waals surface area contributed by atoms with Crippen molar-refractivity contribution in [2.75, 3.05) is 26.3 Å². The first-order valence-electron chi connectivity index (χ1n) is 12.1. The third-order valence-electron chi connectivity index (χ3n) is 6.36. The van der Waals surface area contributed by atoms with Crippen molar-refractivity contribution in [3.63, 3.8) is 0 Å². The third kappa shape index (κ3) is 4.96. The lowest BCUT2D eigenvalue weighted by Gasteiger charge is -2.29. The molecule has 1 aliphatic rings. The van der Waals surface area contributed by atoms with E-state index >= 15 is 0 Å². The summed E-state index contributed by atoms with van der Waals surface area (Å²) >= 11 is 0. The molecule has 3 heterocycles. The fourth-order valence-electron chi connectivity index (χ4n) is 4.50. The Morgan fingerprint density at radius 3 is 2.68 bits per heavy atom. The minimum atomic E-state index is -1.35. The van der Waals surface area contributed by atoms with E-state index in [4.69, 9.17) is 9.72 Å². The van der Waals surface area contributed by atoms with E-state index < -0.39 is 11.0 Å². The summed E-state index contributed by atoms with van der Waals surface area (Å²) in [6.07, 6.45) is 6.25. The van der Waals surface area contributed by atoms with Gasteiger partial charge in [0, 0.05) is 32.9 Å². The van der Waals surface area contributed by atoms with Crippen LogP contribution in [0.15, 0.2) is 34.1 Å². The van der Waals surface area contributed by atoms with Crippen molar-refractivity contribution in [2.45, 2.75) is 50.8 Å². The molecule has 0 spiro atoms. The first kappa shape index (κ1) is 24.6. The van der Waals surface area contributed by atoms with Crippen molar-refractivity contribution in [2.24, 2.45) is 13.0 Å². The van der Waals surface area contributed by atoms with Crippen molar-refractivity contribution in [3.05, 3.63) is 40.3 Å². The summed E-state index contributed by atoms with van der Waals surface area (Å²) in [6.45, 7) is 6.19. The lowest BCUT2D eigenvalue weighted by Crippen LogP contribution is -2.36. The highest BCUT2D eigenvalue weighted by molar-refractivity contribution is 7.82. The average Bonchev–Trinajstić information content (AvgIpc) is 3.17. The molecule has 34 heavy (non-hydrogen) atoms. The number of aromatic amines is 1. The van der Waals surface area contributed by atoms with Crippen LogP contribution >= 0.6 is 0 Å². The second kappa shape index (κ2) is 10.8. The summed E-state index contributed by atoms with van der Waals surface area (Å²) in [6, 6.07) is 5.47. The van der Waals surface area contributed by atoms with E-state index in [-0.39, 0.29) is 18.1 Å². The van der Waals surface area contributed by atoms with E-state index in [1.165, 1.54) is 0 Å². The zero-order valence-electron chi connectivity index (χ0n) is 20.2. The van der Waals surface area contributed by atoms with Crippen LogP contribution in [0.3, 0.4) is 0 Å². The summed E-state index contributed by atoms with van der Waals surface area (Å²) in [5, 5.41) is 9.40. The smallest absolute Gasteiger partial charge is 0.275 e. The largest absolute Gasteiger partial charge is 0.493 e. The SMILES string of the molecule is CCCOc1ccc(S(=O)N2CCC(CO)CC2)cc1-c1nc2c(CCC)cn(C)c2c(=O)[nH]1. The summed E-state index contributed by atoms with van der Waals surface area (Å²) < 4.78 is 23.1. The van der Waals surface area contributed by atoms with Crippen LogP contribution in [0.4, 0.5) is 0 Å². The van der Waals surface area contributed by atoms with Crippen molar-refractivity contribution in [1.29, 1.82) is 0 Å². The predicted octanol–water partition coefficient (Wildman–Crippen LogP) is 3.40. The molecule has 0 amide bonds. The van der Waals surface area contributed by atoms with Crippen LogP contribution in [0.25, 0.3) is 22.4 Å². The normalized spacial score (nSPS) is 16.2. The Kier molecular flexibility index (Phi) is 7.85. The number of nitrogens with zero attached hydrogens (tertiary/aromatic N) is 3. The van der Waals surface area contributed by atoms with Gasteiger partial charge in [-0.05, 0) is 55.4 Å². The molecular formula is C25H34N4O4S. The van der Waals surface area contributed by atoms with Gasteiger partial charge in [-0.25, -0.2) is 13.5 Å². The van der Waals surface area contributed by atoms with Crippen molar-refractivity contribution >= 4 is 22.0 Å². The Balaban J connectivity index is 1.76. The van der Waals surface area contributed by atoms with Crippen LogP contribution in [0.5, 0.6) is 5.75 Å². The predicted molar refractivity (Wildman–Crippen MR) is 134 cm³/mol. The van der Waals surface area contributed by atoms with Crippen LogP contribution in [0, 0.1) is 5.92 Å². The van der Waals surface area contributed by atoms with Gasteiger partial charge in [0.25, 0.3) is 5.56 Å². The highest BCUT2D eigenvalue weighted by atomic mass is 32.2. The van der Waals surface area contributed by atoms with Crippen LogP contribution < -0.4 is 10.3 Å². The van der Waals surface area contributed by atoms with Gasteiger partial charge in [0.2, 0.25) is 0 Å². The van der Waals surface area contributed by atoms with Gasteiger partial charge in [0.15, 0.2) is 0 Å². The number of nitrogens with one attached hydrogen (secondary N) is 1. The quantitative estimate of drug-likeness (QED) is 0.483. The number of piperidine rings is 1. The lowest BCUT2D eigenvalue weighted by atomic mass is 10.00. The third-order valence-corrected chi connectivity index (χ3v) is 7.85. The number of hydrogen-bond acceptors (Lipinski definition) is 5. The van der Waals surface area contributed by atoms with Crippen LogP contribution in [0.2, 0.25) is 0 Å². The van der Waals surface area contributed by atoms with E-state index in [2.05, 4.69) is 11.9 Å². The monoisotopic (exact) mass is 486 g/mol. The molecule has 4 rings (SSSR count). The minimum absolute atomic E-state index is 0.176. The Hall–Kier alpha value is -2.49. The molecule has 1 aromatic carbocycles. The molecule has 1 atom stereocenters. The van der Waals surface area contributed by atoms with Crippen LogP contribution in [0.1, 0.15) is 45.1 Å². The van der Waals surface area contributed by atoms with Crippen molar-refractivity contribution in [3.8, 4) is 17.1 Å². The summed E-state index contributed by atoms with van der Waals surface area (Å²) in [4.78, 5) is 21.4. The standard InChI is InChI=1S/C25H34N4O4S/c1-4-6-18-15-28(3)23-22(18)26-24(27-25(23)31)20-14-19(7-8-21(20)33-13-5-2)34(32)29-11-9-17(16-30)10-12-29/h7-8,14-15,17,30H,4-6,9-13,16H2,1-3H3,(H,26,27,31). The zero-order chi connectivity index (χ0) is 24.2. The van der Waals surface area contributed by atoms with Crippen molar-refractivity contribution < 1.29 is 14.1 Å². The topological polar surface area (TPSA) is 100 Å². The lowest BCUT2D eigenvalue weighted by molar-refractivity contribution is 0.172. The Morgan fingerprint density at radius 1 is 1.24 bits per heavy atom. The van der Waals surface area contributed by atoms with Crippen LogP contribution in [-0.4, -0.2) is 54.5 Å². The number of hydrogen-bond donors (Lipinski definition) is 2. The van der Waals surface area contributed by atoms with Gasteiger partial charge < -0.3 is 19.4 Å². The molecule has 0 aliphatic carbocycles. The highest BCUT2D eigenvalue weighted by Crippen LogP contribution is 2.32. The van der Waals surface area contributed by atoms with Gasteiger partial charge in [-0.1, -0.05) is 20.3 Å². The maximum Gasteiger partial charge on any atom is 0.275 e. The molecule has 9 heteroatoms. The Labute approximate surface area is 202 Å². The molecule has 1 aliphatic heterocycles. The molecule has 1 saturated heterocycles. The van der Waals surface area contributed by atoms with Gasteiger partial charge >= 0.3 is 0 Å². The number of rotatable bonds is 9. The number of fused-ring (bicyclic) bond motifs is 1. The van der Waals surface area contributed by atoms with E-state index in [1.54, 1.807) is 0 Å². The number of H-pyrrole nitrogens is 1. The number of aliphatic hydroxyl groups excluding tert-OH is 1. The molecule has 184 valence electrons. The Morgan fingerprint density at radius 2 is 2.00 bits per heavy atom. The maximum atomic E-state index is 13.4. The molecule has 0 radical (unpaired) electrons. The summed E-state index contributed by atoms with van der Waals surface area (Å²) in [7, 11) is 0.510. The van der Waals surface area contributed by atoms with Crippen LogP contribution in [-0.2, 0) is 24.5 Å². The zero-order valence-corrected chi connectivity index (χ0v) is 21.0. The van der Waals surface area contributed by atoms with E-state index in [1.807, 2.05) is 47.2 Å². The second-order valence-electron chi connectivity index (χ2n) is 8.94. The molecular weight excluding hydrogens is 452 g/mol. The molecule has 2 N–H and O–H groups in total. The molecule has 3 aromatic rings. The fourth-order valence-corrected chi connectivity index (χ4v) is 5.75. The molecule has 2 aromatic heterocycles. The Bertz CT molecular complexity index is 1230. The second-order valence-corrected chi connectivity index (χ2v) is 10.4. The van der Waals surface area contributed by atoms with Gasteiger partial charge in [0.05, 0.1) is 22.6 Å². The summed E-state index contributed by atoms with van der Waals surface area (Å²) in [5.74, 6) is 1.31.